The third kappa shape index (κ3) is 1.93. The van der Waals surface area contributed by atoms with Gasteiger partial charge < -0.3 is 14.2 Å². The monoisotopic (exact) mass is 260 g/mol. The normalized spacial score (nSPS) is 10.7. The van der Waals surface area contributed by atoms with Gasteiger partial charge in [-0.05, 0) is 40.1 Å². The molecular formula is C12H8N2O3S. The smallest absolute Gasteiger partial charge is 0.449 e. The van der Waals surface area contributed by atoms with E-state index in [-0.39, 0.29) is 5.88 Å². The molecule has 0 aliphatic rings. The number of aromatic nitrogens is 2. The van der Waals surface area contributed by atoms with E-state index in [4.69, 9.17) is 5.11 Å². The summed E-state index contributed by atoms with van der Waals surface area (Å²) in [6, 6.07) is 5.79. The van der Waals surface area contributed by atoms with Crippen molar-refractivity contribution in [2.75, 3.05) is 0 Å². The van der Waals surface area contributed by atoms with Gasteiger partial charge in [0.05, 0.1) is 6.20 Å². The number of carbonyl (C=O) groups is 1. The standard InChI is InChI=1S/C12H8N2O3S/c15-12(16)17-11-6-14-5-8(1-2-10(14)13-11)9-3-4-18-7-9/h1-7H,(H,15,16). The van der Waals surface area contributed by atoms with Gasteiger partial charge in [0.2, 0.25) is 5.88 Å². The lowest BCUT2D eigenvalue weighted by atomic mass is 10.1. The lowest BCUT2D eigenvalue weighted by Crippen LogP contribution is -2.02. The Morgan fingerprint density at radius 2 is 2.17 bits per heavy atom. The second kappa shape index (κ2) is 4.15. The Morgan fingerprint density at radius 3 is 2.89 bits per heavy atom. The molecule has 0 spiro atoms. The first-order chi connectivity index (χ1) is 8.72. The van der Waals surface area contributed by atoms with Gasteiger partial charge in [-0.1, -0.05) is 0 Å². The number of carboxylic acid groups (broad SMARTS) is 1. The van der Waals surface area contributed by atoms with Crippen LogP contribution in [0.4, 0.5) is 4.79 Å². The average molecular weight is 260 g/mol. The number of imidazole rings is 1. The molecule has 90 valence electrons. The minimum Gasteiger partial charge on any atom is -0.449 e. The first-order valence-corrected chi connectivity index (χ1v) is 6.09. The number of hydrogen-bond donors (Lipinski definition) is 1. The predicted octanol–water partition coefficient (Wildman–Crippen LogP) is 3.12. The molecule has 5 nitrogen and oxygen atoms in total. The van der Waals surface area contributed by atoms with Crippen molar-refractivity contribution in [2.24, 2.45) is 0 Å². The van der Waals surface area contributed by atoms with Crippen LogP contribution in [-0.4, -0.2) is 20.6 Å². The third-order valence-electron chi connectivity index (χ3n) is 2.48. The van der Waals surface area contributed by atoms with Gasteiger partial charge in [-0.15, -0.1) is 0 Å². The van der Waals surface area contributed by atoms with Crippen molar-refractivity contribution in [3.8, 4) is 17.0 Å². The second-order valence-corrected chi connectivity index (χ2v) is 4.42. The van der Waals surface area contributed by atoms with Crippen LogP contribution in [0.5, 0.6) is 5.88 Å². The SMILES string of the molecule is O=C(O)Oc1cn2cc(-c3ccsc3)ccc2n1. The van der Waals surface area contributed by atoms with E-state index < -0.39 is 6.16 Å². The summed E-state index contributed by atoms with van der Waals surface area (Å²) in [5.41, 5.74) is 2.81. The molecule has 0 unspecified atom stereocenters. The molecule has 0 bridgehead atoms. The van der Waals surface area contributed by atoms with E-state index in [2.05, 4.69) is 9.72 Å². The molecule has 0 amide bonds. The van der Waals surface area contributed by atoms with Crippen molar-refractivity contribution in [3.05, 3.63) is 41.4 Å². The molecule has 0 aliphatic heterocycles. The summed E-state index contributed by atoms with van der Waals surface area (Å²) in [7, 11) is 0. The van der Waals surface area contributed by atoms with Crippen LogP contribution in [0.3, 0.4) is 0 Å². The van der Waals surface area contributed by atoms with Crippen molar-refractivity contribution < 1.29 is 14.6 Å². The zero-order chi connectivity index (χ0) is 12.5. The van der Waals surface area contributed by atoms with E-state index in [1.807, 2.05) is 35.2 Å². The first-order valence-electron chi connectivity index (χ1n) is 5.14. The molecule has 3 rings (SSSR count). The molecule has 3 aromatic heterocycles. The van der Waals surface area contributed by atoms with E-state index in [0.717, 1.165) is 11.1 Å². The fourth-order valence-electron chi connectivity index (χ4n) is 1.71. The molecule has 0 saturated heterocycles. The van der Waals surface area contributed by atoms with Crippen LogP contribution < -0.4 is 4.74 Å². The topological polar surface area (TPSA) is 63.8 Å². The lowest BCUT2D eigenvalue weighted by Gasteiger charge is -1.98. The quantitative estimate of drug-likeness (QED) is 0.719. The summed E-state index contributed by atoms with van der Waals surface area (Å²) >= 11 is 1.63. The first kappa shape index (κ1) is 10.8. The van der Waals surface area contributed by atoms with E-state index >= 15 is 0 Å². The maximum Gasteiger partial charge on any atom is 0.512 e. The van der Waals surface area contributed by atoms with E-state index in [1.54, 1.807) is 21.9 Å². The Morgan fingerprint density at radius 1 is 1.28 bits per heavy atom. The number of hydrogen-bond acceptors (Lipinski definition) is 4. The minimum atomic E-state index is -1.36. The lowest BCUT2D eigenvalue weighted by molar-refractivity contribution is 0.143. The maximum atomic E-state index is 10.4. The highest BCUT2D eigenvalue weighted by Crippen LogP contribution is 2.23. The van der Waals surface area contributed by atoms with Gasteiger partial charge in [0, 0.05) is 6.20 Å². The molecular weight excluding hydrogens is 252 g/mol. The van der Waals surface area contributed by atoms with Crippen LogP contribution in [0.1, 0.15) is 0 Å². The Hall–Kier alpha value is -2.34. The highest BCUT2D eigenvalue weighted by atomic mass is 32.1. The fourth-order valence-corrected chi connectivity index (χ4v) is 2.37. The summed E-state index contributed by atoms with van der Waals surface area (Å²) in [6.45, 7) is 0. The zero-order valence-electron chi connectivity index (χ0n) is 9.11. The van der Waals surface area contributed by atoms with Gasteiger partial charge in [0.1, 0.15) is 5.65 Å². The van der Waals surface area contributed by atoms with Crippen molar-refractivity contribution in [3.63, 3.8) is 0 Å². The molecule has 0 radical (unpaired) electrons. The predicted molar refractivity (Wildman–Crippen MR) is 67.2 cm³/mol. The fraction of sp³-hybridized carbons (Fsp3) is 0. The van der Waals surface area contributed by atoms with Gasteiger partial charge in [-0.25, -0.2) is 4.79 Å². The third-order valence-corrected chi connectivity index (χ3v) is 3.16. The summed E-state index contributed by atoms with van der Waals surface area (Å²) in [6.07, 6.45) is 2.06. The van der Waals surface area contributed by atoms with E-state index in [1.165, 1.54) is 0 Å². The van der Waals surface area contributed by atoms with Crippen molar-refractivity contribution in [1.82, 2.24) is 9.38 Å². The van der Waals surface area contributed by atoms with Crippen molar-refractivity contribution in [2.45, 2.75) is 0 Å². The van der Waals surface area contributed by atoms with Crippen LogP contribution in [0.2, 0.25) is 0 Å². The molecule has 0 atom stereocenters. The van der Waals surface area contributed by atoms with E-state index in [0.29, 0.717) is 5.65 Å². The molecule has 0 aliphatic carbocycles. The van der Waals surface area contributed by atoms with Crippen LogP contribution >= 0.6 is 11.3 Å². The van der Waals surface area contributed by atoms with Crippen LogP contribution in [0.25, 0.3) is 16.8 Å². The van der Waals surface area contributed by atoms with Gasteiger partial charge >= 0.3 is 6.16 Å². The second-order valence-electron chi connectivity index (χ2n) is 3.64. The number of thiophene rings is 1. The maximum absolute atomic E-state index is 10.4. The van der Waals surface area contributed by atoms with Crippen LogP contribution in [0.15, 0.2) is 41.4 Å². The summed E-state index contributed by atoms with van der Waals surface area (Å²) in [5.74, 6) is 0.0740. The molecule has 0 saturated carbocycles. The highest BCUT2D eigenvalue weighted by molar-refractivity contribution is 7.08. The largest absolute Gasteiger partial charge is 0.512 e. The molecule has 3 heterocycles. The molecule has 3 aromatic rings. The number of pyridine rings is 1. The number of nitrogens with zero attached hydrogens (tertiary/aromatic N) is 2. The Balaban J connectivity index is 2.04. The van der Waals surface area contributed by atoms with Crippen molar-refractivity contribution in [1.29, 1.82) is 0 Å². The molecule has 1 N–H and O–H groups in total. The molecule has 0 aromatic carbocycles. The molecule has 18 heavy (non-hydrogen) atoms. The van der Waals surface area contributed by atoms with Crippen LogP contribution in [0, 0.1) is 0 Å². The summed E-state index contributed by atoms with van der Waals surface area (Å²) in [4.78, 5) is 14.5. The Bertz CT molecular complexity index is 703. The Kier molecular flexibility index (Phi) is 2.49. The summed E-state index contributed by atoms with van der Waals surface area (Å²) in [5, 5.41) is 12.6. The number of fused-ring (bicyclic) bond motifs is 1. The van der Waals surface area contributed by atoms with Gasteiger partial charge in [-0.3, -0.25) is 0 Å². The molecule has 0 fully saturated rings. The minimum absolute atomic E-state index is 0.0740. The van der Waals surface area contributed by atoms with E-state index in [9.17, 15) is 4.79 Å². The Labute approximate surface area is 106 Å². The average Bonchev–Trinajstić information content (AvgIpc) is 2.94. The highest BCUT2D eigenvalue weighted by Gasteiger charge is 2.07. The van der Waals surface area contributed by atoms with Crippen LogP contribution in [-0.2, 0) is 0 Å². The van der Waals surface area contributed by atoms with Gasteiger partial charge in [-0.2, -0.15) is 16.3 Å². The summed E-state index contributed by atoms with van der Waals surface area (Å²) < 4.78 is 6.26. The number of ether oxygens (including phenoxy) is 1. The number of rotatable bonds is 2. The molecule has 6 heteroatoms. The zero-order valence-corrected chi connectivity index (χ0v) is 9.92. The van der Waals surface area contributed by atoms with Gasteiger partial charge in [0.25, 0.3) is 0 Å². The van der Waals surface area contributed by atoms with Crippen molar-refractivity contribution >= 4 is 23.1 Å². The van der Waals surface area contributed by atoms with Gasteiger partial charge in [0.15, 0.2) is 0 Å².